The normalized spacial score (nSPS) is 19.2. The maximum absolute atomic E-state index is 11.2. The van der Waals surface area contributed by atoms with Crippen molar-refractivity contribution in [1.29, 1.82) is 0 Å². The molecular weight excluding hydrogens is 282 g/mol. The molecule has 1 heterocycles. The Hall–Kier alpha value is 0.300. The molecule has 0 unspecified atom stereocenters. The van der Waals surface area contributed by atoms with Gasteiger partial charge in [0.05, 0.1) is 0 Å². The Labute approximate surface area is 108 Å². The molecule has 1 aliphatic rings. The van der Waals surface area contributed by atoms with Gasteiger partial charge in [0, 0.05) is 13.1 Å². The average Bonchev–Trinajstić information content (AvgIpc) is 2.17. The fourth-order valence-electron chi connectivity index (χ4n) is 1.30. The molecule has 7 heteroatoms. The number of hydrogen-bond donors (Lipinski definition) is 0. The summed E-state index contributed by atoms with van der Waals surface area (Å²) in [5.41, 5.74) is 0. The Morgan fingerprint density at radius 1 is 1.13 bits per heavy atom. The summed E-state index contributed by atoms with van der Waals surface area (Å²) in [7, 11) is 0. The zero-order chi connectivity index (χ0) is 11.5. The molecule has 0 aromatic carbocycles. The molecule has 0 N–H and O–H groups in total. The van der Waals surface area contributed by atoms with Crippen molar-refractivity contribution in [3.05, 3.63) is 0 Å². The van der Waals surface area contributed by atoms with Crippen molar-refractivity contribution >= 4 is 57.6 Å². The second kappa shape index (κ2) is 5.58. The van der Waals surface area contributed by atoms with Gasteiger partial charge in [0.15, 0.2) is 0 Å². The molecule has 3 nitrogen and oxygen atoms in total. The average molecular weight is 292 g/mol. The lowest BCUT2D eigenvalue weighted by molar-refractivity contribution is -0.117. The third kappa shape index (κ3) is 4.35. The number of amidine groups is 1. The van der Waals surface area contributed by atoms with Crippen molar-refractivity contribution < 1.29 is 4.79 Å². The molecule has 1 fully saturated rings. The number of nitrogens with zero attached hydrogens (tertiary/aromatic N) is 2. The molecule has 1 aliphatic heterocycles. The summed E-state index contributed by atoms with van der Waals surface area (Å²) in [4.78, 5) is 16.6. The molecule has 0 atom stereocenters. The molecule has 0 aliphatic carbocycles. The third-order valence-corrected chi connectivity index (χ3v) is 2.86. The van der Waals surface area contributed by atoms with E-state index in [4.69, 9.17) is 46.4 Å². The predicted molar refractivity (Wildman–Crippen MR) is 64.0 cm³/mol. The predicted octanol–water partition coefficient (Wildman–Crippen LogP) is 2.96. The molecule has 1 amide bonds. The van der Waals surface area contributed by atoms with E-state index in [0.29, 0.717) is 0 Å². The maximum Gasteiger partial charge on any atom is 0.300 e. The lowest BCUT2D eigenvalue weighted by atomic mass is 10.1. The summed E-state index contributed by atoms with van der Waals surface area (Å²) in [5.74, 6) is -0.858. The highest BCUT2D eigenvalue weighted by molar-refractivity contribution is 6.77. The van der Waals surface area contributed by atoms with E-state index in [1.807, 2.05) is 0 Å². The van der Waals surface area contributed by atoms with Gasteiger partial charge >= 0.3 is 0 Å². The van der Waals surface area contributed by atoms with Crippen molar-refractivity contribution in [2.75, 3.05) is 13.1 Å². The molecule has 0 saturated carbocycles. The van der Waals surface area contributed by atoms with E-state index >= 15 is 0 Å². The molecular formula is C8H10Cl4N2O. The van der Waals surface area contributed by atoms with Gasteiger partial charge in [-0.25, -0.2) is 0 Å². The molecule has 15 heavy (non-hydrogen) atoms. The summed E-state index contributed by atoms with van der Waals surface area (Å²) < 4.78 is -2.03. The summed E-state index contributed by atoms with van der Waals surface area (Å²) >= 11 is 21.9. The van der Waals surface area contributed by atoms with Crippen molar-refractivity contribution in [2.45, 2.75) is 23.1 Å². The number of alkyl halides is 3. The minimum absolute atomic E-state index is 0.103. The number of hydrogen-bond acceptors (Lipinski definition) is 1. The van der Waals surface area contributed by atoms with Gasteiger partial charge in [0.1, 0.15) is 0 Å². The number of likely N-dealkylation sites (tertiary alicyclic amines) is 1. The first-order chi connectivity index (χ1) is 6.91. The van der Waals surface area contributed by atoms with Crippen LogP contribution in [0.5, 0.6) is 0 Å². The molecule has 0 radical (unpaired) electrons. The van der Waals surface area contributed by atoms with Crippen LogP contribution in [0.15, 0.2) is 4.99 Å². The molecule has 1 rings (SSSR count). The standard InChI is InChI=1S/C8H10Cl4N2O/c9-7(13-6(15)8(10,11)12)14-4-2-1-3-5-14/h1-5H2. The number of carbonyl (C=O) groups excluding carboxylic acids is 1. The van der Waals surface area contributed by atoms with E-state index < -0.39 is 9.70 Å². The maximum atomic E-state index is 11.2. The summed E-state index contributed by atoms with van der Waals surface area (Å²) in [5, 5.41) is 0.103. The van der Waals surface area contributed by atoms with E-state index in [0.717, 1.165) is 25.9 Å². The van der Waals surface area contributed by atoms with E-state index in [1.54, 1.807) is 4.90 Å². The Morgan fingerprint density at radius 3 is 2.13 bits per heavy atom. The molecule has 0 aromatic rings. The topological polar surface area (TPSA) is 32.7 Å². The lowest BCUT2D eigenvalue weighted by Gasteiger charge is -2.26. The van der Waals surface area contributed by atoms with Crippen LogP contribution >= 0.6 is 46.4 Å². The summed E-state index contributed by atoms with van der Waals surface area (Å²) in [6, 6.07) is 0. The van der Waals surface area contributed by atoms with Gasteiger partial charge in [0.2, 0.25) is 5.29 Å². The largest absolute Gasteiger partial charge is 0.347 e. The molecule has 86 valence electrons. The fourth-order valence-corrected chi connectivity index (χ4v) is 1.67. The molecule has 0 bridgehead atoms. The van der Waals surface area contributed by atoms with Crippen LogP contribution < -0.4 is 0 Å². The van der Waals surface area contributed by atoms with E-state index in [9.17, 15) is 4.79 Å². The van der Waals surface area contributed by atoms with Crippen LogP contribution in [0.1, 0.15) is 19.3 Å². The number of carbonyl (C=O) groups is 1. The second-order valence-electron chi connectivity index (χ2n) is 3.23. The molecule has 0 spiro atoms. The van der Waals surface area contributed by atoms with Crippen molar-refractivity contribution in [1.82, 2.24) is 4.90 Å². The number of piperidine rings is 1. The van der Waals surface area contributed by atoms with Gasteiger partial charge in [-0.3, -0.25) is 4.79 Å². The van der Waals surface area contributed by atoms with Gasteiger partial charge in [-0.2, -0.15) is 4.99 Å². The lowest BCUT2D eigenvalue weighted by Crippen LogP contribution is -2.34. The van der Waals surface area contributed by atoms with Crippen LogP contribution in [0.4, 0.5) is 0 Å². The van der Waals surface area contributed by atoms with Gasteiger partial charge in [0.25, 0.3) is 9.70 Å². The minimum atomic E-state index is -2.03. The monoisotopic (exact) mass is 290 g/mol. The van der Waals surface area contributed by atoms with Gasteiger partial charge < -0.3 is 4.90 Å². The number of rotatable bonds is 0. The fraction of sp³-hybridized carbons (Fsp3) is 0.750. The molecule has 1 saturated heterocycles. The Morgan fingerprint density at radius 2 is 1.67 bits per heavy atom. The first-order valence-electron chi connectivity index (χ1n) is 4.51. The zero-order valence-corrected chi connectivity index (χ0v) is 10.9. The first kappa shape index (κ1) is 13.4. The highest BCUT2D eigenvalue weighted by Gasteiger charge is 2.31. The van der Waals surface area contributed by atoms with Gasteiger partial charge in [-0.15, -0.1) is 0 Å². The minimum Gasteiger partial charge on any atom is -0.347 e. The summed E-state index contributed by atoms with van der Waals surface area (Å²) in [6.45, 7) is 1.57. The second-order valence-corrected chi connectivity index (χ2v) is 5.85. The Balaban J connectivity index is 2.62. The highest BCUT2D eigenvalue weighted by atomic mass is 35.6. The van der Waals surface area contributed by atoms with E-state index in [1.165, 1.54) is 6.42 Å². The Bertz CT molecular complexity index is 268. The number of halogens is 4. The zero-order valence-electron chi connectivity index (χ0n) is 7.85. The first-order valence-corrected chi connectivity index (χ1v) is 6.03. The van der Waals surface area contributed by atoms with Gasteiger partial charge in [-0.05, 0) is 30.9 Å². The van der Waals surface area contributed by atoms with Crippen molar-refractivity contribution in [3.63, 3.8) is 0 Å². The molecule has 0 aromatic heterocycles. The van der Waals surface area contributed by atoms with Crippen LogP contribution in [-0.2, 0) is 4.79 Å². The van der Waals surface area contributed by atoms with Gasteiger partial charge in [-0.1, -0.05) is 34.8 Å². The van der Waals surface area contributed by atoms with Crippen LogP contribution in [0, 0.1) is 0 Å². The summed E-state index contributed by atoms with van der Waals surface area (Å²) in [6.07, 6.45) is 3.24. The van der Waals surface area contributed by atoms with E-state index in [2.05, 4.69) is 4.99 Å². The van der Waals surface area contributed by atoms with Crippen LogP contribution in [-0.4, -0.2) is 33.0 Å². The van der Waals surface area contributed by atoms with Crippen LogP contribution in [0.25, 0.3) is 0 Å². The number of aliphatic imine (C=N–C) groups is 1. The van der Waals surface area contributed by atoms with Crippen molar-refractivity contribution in [2.24, 2.45) is 4.99 Å². The van der Waals surface area contributed by atoms with Crippen LogP contribution in [0.2, 0.25) is 0 Å². The van der Waals surface area contributed by atoms with E-state index in [-0.39, 0.29) is 5.29 Å². The van der Waals surface area contributed by atoms with Crippen LogP contribution in [0.3, 0.4) is 0 Å². The van der Waals surface area contributed by atoms with Crippen molar-refractivity contribution in [3.8, 4) is 0 Å². The Kier molecular flexibility index (Phi) is 4.97. The number of amides is 1. The third-order valence-electron chi connectivity index (χ3n) is 2.05. The quantitative estimate of drug-likeness (QED) is 0.297. The SMILES string of the molecule is O=C(N=C(Cl)N1CCCCC1)C(Cl)(Cl)Cl. The smallest absolute Gasteiger partial charge is 0.300 e. The highest BCUT2D eigenvalue weighted by Crippen LogP contribution is 2.27.